The van der Waals surface area contributed by atoms with Gasteiger partial charge in [-0.15, -0.1) is 0 Å². The van der Waals surface area contributed by atoms with Crippen LogP contribution in [0.1, 0.15) is 19.3 Å². The average Bonchev–Trinajstić information content (AvgIpc) is 2.10. The first-order valence-corrected chi connectivity index (χ1v) is 5.42. The smallest absolute Gasteiger partial charge is 0.229 e. The molecule has 0 aromatic heterocycles. The first-order chi connectivity index (χ1) is 6.25. The van der Waals surface area contributed by atoms with Crippen molar-refractivity contribution in [1.82, 2.24) is 4.90 Å². The van der Waals surface area contributed by atoms with Crippen molar-refractivity contribution in [2.24, 2.45) is 0 Å². The average molecular weight is 246 g/mol. The first-order valence-electron chi connectivity index (χ1n) is 4.30. The van der Waals surface area contributed by atoms with Gasteiger partial charge in [-0.2, -0.15) is 0 Å². The molecular weight excluding hydrogens is 234 g/mol. The lowest BCUT2D eigenvalue weighted by Crippen LogP contribution is -2.40. The highest BCUT2D eigenvalue weighted by Gasteiger charge is 2.24. The summed E-state index contributed by atoms with van der Waals surface area (Å²) in [5, 5.41) is 0.753. The zero-order valence-electron chi connectivity index (χ0n) is 7.33. The SMILES string of the molecule is O=C1CCCC(=O)N1C/C=C\CBr. The van der Waals surface area contributed by atoms with Crippen LogP contribution >= 0.6 is 15.9 Å². The molecule has 13 heavy (non-hydrogen) atoms. The van der Waals surface area contributed by atoms with E-state index in [4.69, 9.17) is 0 Å². The Balaban J connectivity index is 2.49. The summed E-state index contributed by atoms with van der Waals surface area (Å²) in [7, 11) is 0. The molecule has 0 aromatic rings. The fraction of sp³-hybridized carbons (Fsp3) is 0.556. The minimum Gasteiger partial charge on any atom is -0.279 e. The predicted octanol–water partition coefficient (Wildman–Crippen LogP) is 1.48. The fourth-order valence-corrected chi connectivity index (χ4v) is 1.51. The molecule has 0 aliphatic carbocycles. The van der Waals surface area contributed by atoms with E-state index in [1.165, 1.54) is 4.90 Å². The van der Waals surface area contributed by atoms with Crippen LogP contribution in [0.25, 0.3) is 0 Å². The standard InChI is InChI=1S/C9H12BrNO2/c10-6-1-2-7-11-8(12)4-3-5-9(11)13/h1-2H,3-7H2/b2-1-. The molecule has 1 saturated heterocycles. The van der Waals surface area contributed by atoms with Crippen LogP contribution in [0, 0.1) is 0 Å². The summed E-state index contributed by atoms with van der Waals surface area (Å²) in [6.07, 6.45) is 5.43. The normalized spacial score (nSPS) is 18.7. The third-order valence-electron chi connectivity index (χ3n) is 1.93. The number of alkyl halides is 1. The molecule has 0 saturated carbocycles. The maximum absolute atomic E-state index is 11.3. The lowest BCUT2D eigenvalue weighted by atomic mass is 10.1. The van der Waals surface area contributed by atoms with Crippen molar-refractivity contribution in [3.8, 4) is 0 Å². The summed E-state index contributed by atoms with van der Waals surface area (Å²) in [6.45, 7) is 0.420. The third-order valence-corrected chi connectivity index (χ3v) is 2.30. The molecule has 0 unspecified atom stereocenters. The van der Waals surface area contributed by atoms with E-state index in [1.807, 2.05) is 12.2 Å². The van der Waals surface area contributed by atoms with Gasteiger partial charge in [0.05, 0.1) is 0 Å². The molecule has 0 aromatic carbocycles. The third kappa shape index (κ3) is 2.95. The highest BCUT2D eigenvalue weighted by Crippen LogP contribution is 2.11. The van der Waals surface area contributed by atoms with E-state index in [9.17, 15) is 9.59 Å². The summed E-state index contributed by atoms with van der Waals surface area (Å²) in [6, 6.07) is 0. The quantitative estimate of drug-likeness (QED) is 0.429. The van der Waals surface area contributed by atoms with E-state index in [2.05, 4.69) is 15.9 Å². The Morgan fingerprint density at radius 1 is 1.23 bits per heavy atom. The number of hydrogen-bond acceptors (Lipinski definition) is 2. The van der Waals surface area contributed by atoms with Gasteiger partial charge in [-0.25, -0.2) is 0 Å². The zero-order chi connectivity index (χ0) is 9.68. The molecule has 1 aliphatic rings. The van der Waals surface area contributed by atoms with Crippen LogP contribution in [0.4, 0.5) is 0 Å². The second kappa shape index (κ2) is 5.17. The Morgan fingerprint density at radius 3 is 2.38 bits per heavy atom. The number of likely N-dealkylation sites (tertiary alicyclic amines) is 1. The van der Waals surface area contributed by atoms with Crippen molar-refractivity contribution in [2.75, 3.05) is 11.9 Å². The highest BCUT2D eigenvalue weighted by atomic mass is 79.9. The Labute approximate surface area is 85.9 Å². The molecule has 0 spiro atoms. The monoisotopic (exact) mass is 245 g/mol. The van der Waals surface area contributed by atoms with Crippen LogP contribution in [0.5, 0.6) is 0 Å². The van der Waals surface area contributed by atoms with Crippen LogP contribution in [-0.2, 0) is 9.59 Å². The van der Waals surface area contributed by atoms with Crippen molar-refractivity contribution < 1.29 is 9.59 Å². The van der Waals surface area contributed by atoms with Crippen molar-refractivity contribution in [1.29, 1.82) is 0 Å². The van der Waals surface area contributed by atoms with Crippen molar-refractivity contribution in [3.05, 3.63) is 12.2 Å². The van der Waals surface area contributed by atoms with E-state index in [1.54, 1.807) is 0 Å². The lowest BCUT2D eigenvalue weighted by Gasteiger charge is -2.23. The van der Waals surface area contributed by atoms with Crippen LogP contribution in [0.2, 0.25) is 0 Å². The minimum absolute atomic E-state index is 0.0459. The largest absolute Gasteiger partial charge is 0.279 e. The van der Waals surface area contributed by atoms with Gasteiger partial charge in [-0.3, -0.25) is 14.5 Å². The minimum atomic E-state index is -0.0459. The van der Waals surface area contributed by atoms with Gasteiger partial charge in [0.15, 0.2) is 0 Å². The molecule has 0 radical (unpaired) electrons. The molecule has 1 fully saturated rings. The second-order valence-electron chi connectivity index (χ2n) is 2.88. The van der Waals surface area contributed by atoms with Crippen molar-refractivity contribution >= 4 is 27.7 Å². The molecule has 4 heteroatoms. The van der Waals surface area contributed by atoms with Crippen LogP contribution < -0.4 is 0 Å². The number of carbonyl (C=O) groups is 2. The van der Waals surface area contributed by atoms with Gasteiger partial charge in [-0.05, 0) is 6.42 Å². The van der Waals surface area contributed by atoms with Crippen LogP contribution in [0.15, 0.2) is 12.2 Å². The first kappa shape index (κ1) is 10.4. The van der Waals surface area contributed by atoms with Crippen molar-refractivity contribution in [2.45, 2.75) is 19.3 Å². The van der Waals surface area contributed by atoms with Gasteiger partial charge in [0.2, 0.25) is 11.8 Å². The number of piperidine rings is 1. The molecular formula is C9H12BrNO2. The van der Waals surface area contributed by atoms with Crippen LogP contribution in [-0.4, -0.2) is 28.6 Å². The number of amides is 2. The maximum Gasteiger partial charge on any atom is 0.229 e. The summed E-state index contributed by atoms with van der Waals surface area (Å²) < 4.78 is 0. The maximum atomic E-state index is 11.3. The number of halogens is 1. The Bertz CT molecular complexity index is 222. The van der Waals surface area contributed by atoms with Gasteiger partial charge in [-0.1, -0.05) is 28.1 Å². The van der Waals surface area contributed by atoms with E-state index in [0.29, 0.717) is 25.8 Å². The summed E-state index contributed by atoms with van der Waals surface area (Å²) in [5.74, 6) is -0.0917. The number of hydrogen-bond donors (Lipinski definition) is 0. The number of imide groups is 1. The van der Waals surface area contributed by atoms with E-state index < -0.39 is 0 Å². The topological polar surface area (TPSA) is 37.4 Å². The summed E-state index contributed by atoms with van der Waals surface area (Å²) in [4.78, 5) is 23.8. The van der Waals surface area contributed by atoms with E-state index in [-0.39, 0.29) is 11.8 Å². The number of rotatable bonds is 3. The predicted molar refractivity (Wildman–Crippen MR) is 53.5 cm³/mol. The molecule has 3 nitrogen and oxygen atoms in total. The van der Waals surface area contributed by atoms with Crippen molar-refractivity contribution in [3.63, 3.8) is 0 Å². The number of nitrogens with zero attached hydrogens (tertiary/aromatic N) is 1. The summed E-state index contributed by atoms with van der Waals surface area (Å²) in [5.41, 5.74) is 0. The zero-order valence-corrected chi connectivity index (χ0v) is 8.92. The number of allylic oxidation sites excluding steroid dienone is 1. The van der Waals surface area contributed by atoms with Gasteiger partial charge >= 0.3 is 0 Å². The highest BCUT2D eigenvalue weighted by molar-refractivity contribution is 9.09. The molecule has 1 heterocycles. The van der Waals surface area contributed by atoms with Gasteiger partial charge in [0.25, 0.3) is 0 Å². The van der Waals surface area contributed by atoms with E-state index >= 15 is 0 Å². The molecule has 1 rings (SSSR count). The summed E-state index contributed by atoms with van der Waals surface area (Å²) >= 11 is 3.23. The number of carbonyl (C=O) groups excluding carboxylic acids is 2. The molecule has 1 aliphatic heterocycles. The van der Waals surface area contributed by atoms with Crippen LogP contribution in [0.3, 0.4) is 0 Å². The Kier molecular flexibility index (Phi) is 4.15. The van der Waals surface area contributed by atoms with Gasteiger partial charge < -0.3 is 0 Å². The molecule has 0 atom stereocenters. The second-order valence-corrected chi connectivity index (χ2v) is 3.52. The Morgan fingerprint density at radius 2 is 1.85 bits per heavy atom. The molecule has 0 N–H and O–H groups in total. The molecule has 72 valence electrons. The van der Waals surface area contributed by atoms with Gasteiger partial charge in [0, 0.05) is 24.7 Å². The fourth-order valence-electron chi connectivity index (χ4n) is 1.25. The molecule has 0 bridgehead atoms. The lowest BCUT2D eigenvalue weighted by molar-refractivity contribution is -0.147. The molecule has 2 amide bonds. The van der Waals surface area contributed by atoms with E-state index in [0.717, 1.165) is 5.33 Å². The Hall–Kier alpha value is -0.640. The van der Waals surface area contributed by atoms with Gasteiger partial charge in [0.1, 0.15) is 0 Å².